The number of anilines is 1. The molecular formula is C16H19N3O3S. The summed E-state index contributed by atoms with van der Waals surface area (Å²) in [5.41, 5.74) is 1.27. The van der Waals surface area contributed by atoms with Gasteiger partial charge in [0, 0.05) is 37.3 Å². The van der Waals surface area contributed by atoms with E-state index in [1.54, 1.807) is 0 Å². The number of aromatic nitrogens is 2. The van der Waals surface area contributed by atoms with Crippen LogP contribution in [-0.2, 0) is 9.53 Å². The van der Waals surface area contributed by atoms with Gasteiger partial charge >= 0.3 is 5.97 Å². The maximum atomic E-state index is 11.6. The Morgan fingerprint density at radius 2 is 2.26 bits per heavy atom. The van der Waals surface area contributed by atoms with Crippen LogP contribution in [0.2, 0.25) is 0 Å². The number of carboxylic acid groups (broad SMARTS) is 1. The number of aliphatic carboxylic acids is 1. The summed E-state index contributed by atoms with van der Waals surface area (Å²) in [5, 5.41) is 10.3. The Balaban J connectivity index is 1.82. The molecule has 1 fully saturated rings. The zero-order valence-electron chi connectivity index (χ0n) is 13.2. The lowest BCUT2D eigenvalue weighted by Crippen LogP contribution is -2.38. The molecule has 1 unspecified atom stereocenters. The Bertz CT molecular complexity index is 718. The summed E-state index contributed by atoms with van der Waals surface area (Å²) in [5.74, 6) is -0.117. The molecule has 1 aliphatic heterocycles. The maximum absolute atomic E-state index is 11.6. The lowest BCUT2D eigenvalue weighted by molar-refractivity contribution is -0.150. The predicted octanol–water partition coefficient (Wildman–Crippen LogP) is 2.44. The first kappa shape index (κ1) is 15.9. The molecule has 1 N–H and O–H groups in total. The fraction of sp³-hybridized carbons (Fsp3) is 0.438. The molecule has 2 aromatic rings. The van der Waals surface area contributed by atoms with Crippen molar-refractivity contribution in [3.05, 3.63) is 29.8 Å². The fourth-order valence-electron chi connectivity index (χ4n) is 2.94. The first-order valence-electron chi connectivity index (χ1n) is 7.43. The smallest absolute Gasteiger partial charge is 0.313 e. The number of hydrogen-bond acceptors (Lipinski definition) is 6. The highest BCUT2D eigenvalue weighted by molar-refractivity contribution is 7.09. The monoisotopic (exact) mass is 333 g/mol. The number of methoxy groups -OCH3 is 1. The van der Waals surface area contributed by atoms with Crippen LogP contribution in [0, 0.1) is 12.3 Å². The molecule has 122 valence electrons. The van der Waals surface area contributed by atoms with Crippen LogP contribution in [-0.4, -0.2) is 47.2 Å². The van der Waals surface area contributed by atoms with Gasteiger partial charge in [-0.1, -0.05) is 24.3 Å². The van der Waals surface area contributed by atoms with Gasteiger partial charge in [-0.05, 0) is 18.9 Å². The van der Waals surface area contributed by atoms with Crippen molar-refractivity contribution in [1.82, 2.24) is 9.36 Å². The van der Waals surface area contributed by atoms with E-state index in [4.69, 9.17) is 4.74 Å². The van der Waals surface area contributed by atoms with E-state index in [0.717, 1.165) is 16.3 Å². The third-order valence-corrected chi connectivity index (χ3v) is 5.08. The fourth-order valence-corrected chi connectivity index (χ4v) is 3.65. The molecule has 0 spiro atoms. The topological polar surface area (TPSA) is 75.6 Å². The van der Waals surface area contributed by atoms with Crippen molar-refractivity contribution < 1.29 is 14.6 Å². The highest BCUT2D eigenvalue weighted by atomic mass is 32.1. The van der Waals surface area contributed by atoms with Crippen LogP contribution in [0.25, 0.3) is 11.4 Å². The van der Waals surface area contributed by atoms with E-state index in [-0.39, 0.29) is 6.61 Å². The molecule has 1 atom stereocenters. The van der Waals surface area contributed by atoms with Crippen LogP contribution >= 0.6 is 11.5 Å². The molecule has 0 saturated carbocycles. The predicted molar refractivity (Wildman–Crippen MR) is 88.9 cm³/mol. The van der Waals surface area contributed by atoms with Gasteiger partial charge in [0.15, 0.2) is 5.82 Å². The number of hydrogen-bond donors (Lipinski definition) is 1. The van der Waals surface area contributed by atoms with Gasteiger partial charge in [0.25, 0.3) is 0 Å². The minimum Gasteiger partial charge on any atom is -0.481 e. The molecule has 6 nitrogen and oxygen atoms in total. The Kier molecular flexibility index (Phi) is 4.32. The van der Waals surface area contributed by atoms with Crippen molar-refractivity contribution in [1.29, 1.82) is 0 Å². The second-order valence-electron chi connectivity index (χ2n) is 5.91. The third kappa shape index (κ3) is 2.94. The Labute approximate surface area is 138 Å². The second-order valence-corrected chi connectivity index (χ2v) is 6.64. The van der Waals surface area contributed by atoms with E-state index in [0.29, 0.717) is 25.3 Å². The van der Waals surface area contributed by atoms with E-state index in [1.807, 2.05) is 36.1 Å². The van der Waals surface area contributed by atoms with E-state index in [9.17, 15) is 9.90 Å². The molecule has 7 heteroatoms. The number of benzene rings is 1. The van der Waals surface area contributed by atoms with Crippen LogP contribution in [0.15, 0.2) is 24.3 Å². The van der Waals surface area contributed by atoms with Gasteiger partial charge in [0.1, 0.15) is 5.41 Å². The SMILES string of the molecule is COCC1(C(=O)O)CCN(c2nc(-c3ccccc3C)ns2)C1. The normalized spacial score (nSPS) is 20.9. The van der Waals surface area contributed by atoms with Crippen LogP contribution in [0.3, 0.4) is 0 Å². The first-order chi connectivity index (χ1) is 11.1. The third-order valence-electron chi connectivity index (χ3n) is 4.30. The number of rotatable bonds is 5. The summed E-state index contributed by atoms with van der Waals surface area (Å²) >= 11 is 1.31. The van der Waals surface area contributed by atoms with E-state index >= 15 is 0 Å². The van der Waals surface area contributed by atoms with Gasteiger partial charge < -0.3 is 14.7 Å². The van der Waals surface area contributed by atoms with Crippen molar-refractivity contribution in [3.8, 4) is 11.4 Å². The maximum Gasteiger partial charge on any atom is 0.313 e. The zero-order chi connectivity index (χ0) is 16.4. The summed E-state index contributed by atoms with van der Waals surface area (Å²) in [4.78, 5) is 18.2. The van der Waals surface area contributed by atoms with Crippen LogP contribution in [0.4, 0.5) is 5.13 Å². The van der Waals surface area contributed by atoms with Gasteiger partial charge in [-0.25, -0.2) is 0 Å². The summed E-state index contributed by atoms with van der Waals surface area (Å²) in [6.07, 6.45) is 0.551. The average Bonchev–Trinajstić information content (AvgIpc) is 3.15. The molecule has 1 aliphatic rings. The van der Waals surface area contributed by atoms with Gasteiger partial charge in [0.2, 0.25) is 5.13 Å². The molecule has 0 aliphatic carbocycles. The highest BCUT2D eigenvalue weighted by Gasteiger charge is 2.45. The number of carboxylic acids is 1. The number of nitrogens with zero attached hydrogens (tertiary/aromatic N) is 3. The van der Waals surface area contributed by atoms with Crippen molar-refractivity contribution in [2.24, 2.45) is 5.41 Å². The minimum atomic E-state index is -0.858. The van der Waals surface area contributed by atoms with Crippen LogP contribution in [0.5, 0.6) is 0 Å². The van der Waals surface area contributed by atoms with Crippen molar-refractivity contribution in [2.45, 2.75) is 13.3 Å². The molecule has 2 heterocycles. The van der Waals surface area contributed by atoms with Crippen LogP contribution in [0.1, 0.15) is 12.0 Å². The molecule has 1 saturated heterocycles. The Morgan fingerprint density at radius 1 is 1.48 bits per heavy atom. The van der Waals surface area contributed by atoms with E-state index in [1.165, 1.54) is 18.6 Å². The van der Waals surface area contributed by atoms with Gasteiger partial charge in [-0.15, -0.1) is 0 Å². The summed E-state index contributed by atoms with van der Waals surface area (Å²) in [6.45, 7) is 3.29. The molecule has 0 bridgehead atoms. The van der Waals surface area contributed by atoms with Gasteiger partial charge in [-0.2, -0.15) is 9.36 Å². The molecule has 1 aromatic carbocycles. The lowest BCUT2D eigenvalue weighted by Gasteiger charge is -2.23. The molecule has 0 radical (unpaired) electrons. The van der Waals surface area contributed by atoms with Crippen molar-refractivity contribution >= 4 is 22.6 Å². The number of ether oxygens (including phenoxy) is 1. The summed E-state index contributed by atoms with van der Waals surface area (Å²) in [7, 11) is 1.54. The quantitative estimate of drug-likeness (QED) is 0.906. The molecule has 3 rings (SSSR count). The van der Waals surface area contributed by atoms with Crippen molar-refractivity contribution in [2.75, 3.05) is 31.7 Å². The lowest BCUT2D eigenvalue weighted by atomic mass is 9.88. The summed E-state index contributed by atoms with van der Waals surface area (Å²) < 4.78 is 9.57. The zero-order valence-corrected chi connectivity index (χ0v) is 14.0. The van der Waals surface area contributed by atoms with E-state index < -0.39 is 11.4 Å². The summed E-state index contributed by atoms with van der Waals surface area (Å²) in [6, 6.07) is 7.98. The molecule has 0 amide bonds. The second kappa shape index (κ2) is 6.25. The minimum absolute atomic E-state index is 0.211. The number of carbonyl (C=O) groups is 1. The van der Waals surface area contributed by atoms with Gasteiger partial charge in [0.05, 0.1) is 6.61 Å². The van der Waals surface area contributed by atoms with E-state index in [2.05, 4.69) is 9.36 Å². The van der Waals surface area contributed by atoms with Gasteiger partial charge in [-0.3, -0.25) is 4.79 Å². The average molecular weight is 333 g/mol. The molecule has 23 heavy (non-hydrogen) atoms. The Morgan fingerprint density at radius 3 is 2.96 bits per heavy atom. The largest absolute Gasteiger partial charge is 0.481 e. The first-order valence-corrected chi connectivity index (χ1v) is 8.20. The van der Waals surface area contributed by atoms with Crippen LogP contribution < -0.4 is 4.90 Å². The molecular weight excluding hydrogens is 314 g/mol. The Hall–Kier alpha value is -1.99. The number of aryl methyl sites for hydroxylation is 1. The van der Waals surface area contributed by atoms with Crippen molar-refractivity contribution in [3.63, 3.8) is 0 Å². The standard InChI is InChI=1S/C16H19N3O3S/c1-11-5-3-4-6-12(11)13-17-15(23-18-13)19-8-7-16(9-19,10-22-2)14(20)21/h3-6H,7-10H2,1-2H3,(H,20,21). The highest BCUT2D eigenvalue weighted by Crippen LogP contribution is 2.36. The molecule has 1 aromatic heterocycles.